The number of nitriles is 1. The standard InChI is InChI=1S/C22H18F4I2N2O2/c23-14-3-1-2-13(9-14)20(22(24,25)26)30-17(18(31)10-21(11-29)4-5-21)8-12-6-15(27)19(32)16(28)7-12/h1-3,6-7,9,17,20,30,32H,4-5,8,10H2/t17-,20-/m0/s1. The van der Waals surface area contributed by atoms with Crippen molar-refractivity contribution in [3.8, 4) is 11.8 Å². The molecule has 4 nitrogen and oxygen atoms in total. The number of Topliss-reactive ketones (excluding diaryl/α,β-unsaturated/α-hetero) is 1. The molecule has 1 aliphatic carbocycles. The van der Waals surface area contributed by atoms with Gasteiger partial charge >= 0.3 is 6.18 Å². The van der Waals surface area contributed by atoms with E-state index in [9.17, 15) is 32.7 Å². The van der Waals surface area contributed by atoms with Gasteiger partial charge in [-0.1, -0.05) is 12.1 Å². The molecule has 1 saturated carbocycles. The third-order valence-corrected chi connectivity index (χ3v) is 7.03. The maximum absolute atomic E-state index is 13.9. The van der Waals surface area contributed by atoms with Crippen molar-refractivity contribution in [3.05, 3.63) is 60.5 Å². The lowest BCUT2D eigenvalue weighted by molar-refractivity contribution is -0.160. The van der Waals surface area contributed by atoms with E-state index >= 15 is 0 Å². The number of hydrogen-bond donors (Lipinski definition) is 2. The van der Waals surface area contributed by atoms with E-state index in [2.05, 4.69) is 11.4 Å². The number of phenolic OH excluding ortho intramolecular Hbond substituents is 1. The summed E-state index contributed by atoms with van der Waals surface area (Å²) in [7, 11) is 0. The average Bonchev–Trinajstić information content (AvgIpc) is 3.48. The highest BCUT2D eigenvalue weighted by atomic mass is 127. The minimum atomic E-state index is -4.78. The van der Waals surface area contributed by atoms with Crippen LogP contribution in [0.5, 0.6) is 5.75 Å². The number of aromatic hydroxyl groups is 1. The lowest BCUT2D eigenvalue weighted by Crippen LogP contribution is -2.46. The number of carbonyl (C=O) groups is 1. The molecule has 0 heterocycles. The summed E-state index contributed by atoms with van der Waals surface area (Å²) < 4.78 is 56.4. The number of alkyl halides is 3. The van der Waals surface area contributed by atoms with Gasteiger partial charge in [0.1, 0.15) is 17.6 Å². The van der Waals surface area contributed by atoms with Crippen LogP contribution in [0.15, 0.2) is 36.4 Å². The van der Waals surface area contributed by atoms with Crippen LogP contribution in [-0.4, -0.2) is 23.1 Å². The molecule has 10 heteroatoms. The fraction of sp³-hybridized carbons (Fsp3) is 0.364. The average molecular weight is 672 g/mol. The van der Waals surface area contributed by atoms with Crippen LogP contribution in [0.25, 0.3) is 0 Å². The molecule has 0 unspecified atom stereocenters. The molecule has 170 valence electrons. The van der Waals surface area contributed by atoms with E-state index in [1.807, 2.05) is 45.2 Å². The van der Waals surface area contributed by atoms with Crippen molar-refractivity contribution >= 4 is 51.0 Å². The molecule has 0 aromatic heterocycles. The van der Waals surface area contributed by atoms with Crippen LogP contribution >= 0.6 is 45.2 Å². The second-order valence-corrected chi connectivity index (χ2v) is 10.2. The lowest BCUT2D eigenvalue weighted by Gasteiger charge is -2.28. The number of rotatable bonds is 8. The Hall–Kier alpha value is -1.46. The Bertz CT molecular complexity index is 1040. The topological polar surface area (TPSA) is 73.1 Å². The van der Waals surface area contributed by atoms with Gasteiger partial charge < -0.3 is 5.11 Å². The van der Waals surface area contributed by atoms with Gasteiger partial charge in [0.2, 0.25) is 0 Å². The molecule has 1 aliphatic rings. The fourth-order valence-corrected chi connectivity index (χ4v) is 5.34. The van der Waals surface area contributed by atoms with Gasteiger partial charge in [0.25, 0.3) is 0 Å². The number of halogens is 6. The van der Waals surface area contributed by atoms with Gasteiger partial charge in [0.15, 0.2) is 5.78 Å². The first-order valence-corrected chi connectivity index (χ1v) is 11.8. The SMILES string of the molecule is N#CC1(CC(=O)[C@H](Cc2cc(I)c(O)c(I)c2)N[C@@H](c2cccc(F)c2)C(F)(F)F)CC1. The molecule has 0 bridgehead atoms. The number of hydrogen-bond acceptors (Lipinski definition) is 4. The summed E-state index contributed by atoms with van der Waals surface area (Å²) in [6.45, 7) is 0. The lowest BCUT2D eigenvalue weighted by atomic mass is 9.92. The van der Waals surface area contributed by atoms with Gasteiger partial charge in [-0.2, -0.15) is 18.4 Å². The zero-order chi connectivity index (χ0) is 23.7. The summed E-state index contributed by atoms with van der Waals surface area (Å²) in [4.78, 5) is 13.1. The van der Waals surface area contributed by atoms with E-state index < -0.39 is 35.3 Å². The molecule has 2 N–H and O–H groups in total. The summed E-state index contributed by atoms with van der Waals surface area (Å²) in [5.41, 5.74) is -0.600. The van der Waals surface area contributed by atoms with Gasteiger partial charge in [-0.3, -0.25) is 10.1 Å². The van der Waals surface area contributed by atoms with Crippen LogP contribution in [0.1, 0.15) is 36.4 Å². The summed E-state index contributed by atoms with van der Waals surface area (Å²) in [5.74, 6) is -1.27. The van der Waals surface area contributed by atoms with Gasteiger partial charge in [0, 0.05) is 6.42 Å². The predicted octanol–water partition coefficient (Wildman–Crippen LogP) is 5.81. The maximum Gasteiger partial charge on any atom is 0.407 e. The van der Waals surface area contributed by atoms with Crippen molar-refractivity contribution in [2.24, 2.45) is 5.41 Å². The number of nitrogens with one attached hydrogen (secondary N) is 1. The second kappa shape index (κ2) is 9.80. The maximum atomic E-state index is 13.9. The van der Waals surface area contributed by atoms with Gasteiger partial charge in [-0.15, -0.1) is 0 Å². The van der Waals surface area contributed by atoms with E-state index in [1.165, 1.54) is 6.07 Å². The largest absolute Gasteiger partial charge is 0.506 e. The molecule has 1 fully saturated rings. The first kappa shape index (κ1) is 25.2. The molecule has 0 aliphatic heterocycles. The molecule has 2 aromatic rings. The summed E-state index contributed by atoms with van der Waals surface area (Å²) in [6, 6.07) is 5.94. The number of carbonyl (C=O) groups excluding carboxylic acids is 1. The molecule has 0 spiro atoms. The summed E-state index contributed by atoms with van der Waals surface area (Å²) in [6.07, 6.45) is -3.95. The Morgan fingerprint density at radius 1 is 1.22 bits per heavy atom. The van der Waals surface area contributed by atoms with Crippen molar-refractivity contribution in [1.29, 1.82) is 5.26 Å². The molecule has 2 aromatic carbocycles. The highest BCUT2D eigenvalue weighted by molar-refractivity contribution is 14.1. The van der Waals surface area contributed by atoms with Crippen molar-refractivity contribution in [2.45, 2.75) is 43.9 Å². The Balaban J connectivity index is 1.95. The monoisotopic (exact) mass is 672 g/mol. The van der Waals surface area contributed by atoms with Gasteiger partial charge in [-0.25, -0.2) is 4.39 Å². The zero-order valence-electron chi connectivity index (χ0n) is 16.5. The van der Waals surface area contributed by atoms with E-state index in [0.717, 1.165) is 18.2 Å². The summed E-state index contributed by atoms with van der Waals surface area (Å²) in [5, 5.41) is 21.7. The number of benzene rings is 2. The Labute approximate surface area is 209 Å². The molecule has 0 radical (unpaired) electrons. The second-order valence-electron chi connectivity index (χ2n) is 7.90. The molecule has 3 rings (SSSR count). The van der Waals surface area contributed by atoms with Gasteiger partial charge in [-0.05, 0) is 99.8 Å². The third kappa shape index (κ3) is 6.11. The molecular weight excluding hydrogens is 654 g/mol. The Kier molecular flexibility index (Phi) is 7.71. The van der Waals surface area contributed by atoms with Crippen LogP contribution in [0, 0.1) is 29.7 Å². The van der Waals surface area contributed by atoms with Crippen molar-refractivity contribution < 1.29 is 27.5 Å². The van der Waals surface area contributed by atoms with E-state index in [0.29, 0.717) is 25.5 Å². The highest BCUT2D eigenvalue weighted by Gasteiger charge is 2.47. The Morgan fingerprint density at radius 2 is 1.84 bits per heavy atom. The molecule has 32 heavy (non-hydrogen) atoms. The fourth-order valence-electron chi connectivity index (χ4n) is 3.44. The minimum absolute atomic E-state index is 0.0557. The third-order valence-electron chi connectivity index (χ3n) is 5.39. The van der Waals surface area contributed by atoms with Crippen LogP contribution in [0.3, 0.4) is 0 Å². The van der Waals surface area contributed by atoms with Crippen LogP contribution < -0.4 is 5.32 Å². The normalized spacial score (nSPS) is 16.8. The van der Waals surface area contributed by atoms with Crippen LogP contribution in [0.2, 0.25) is 0 Å². The van der Waals surface area contributed by atoms with Crippen molar-refractivity contribution in [3.63, 3.8) is 0 Å². The highest BCUT2D eigenvalue weighted by Crippen LogP contribution is 2.48. The molecule has 0 saturated heterocycles. The molecule has 2 atom stereocenters. The zero-order valence-corrected chi connectivity index (χ0v) is 20.8. The number of ketones is 1. The smallest absolute Gasteiger partial charge is 0.407 e. The van der Waals surface area contributed by atoms with E-state index in [1.54, 1.807) is 12.1 Å². The molecular formula is C22H18F4I2N2O2. The number of phenols is 1. The van der Waals surface area contributed by atoms with Crippen LogP contribution in [-0.2, 0) is 11.2 Å². The minimum Gasteiger partial charge on any atom is -0.506 e. The quantitative estimate of drug-likeness (QED) is 0.275. The first-order valence-electron chi connectivity index (χ1n) is 9.63. The van der Waals surface area contributed by atoms with Gasteiger partial charge in [0.05, 0.1) is 24.7 Å². The van der Waals surface area contributed by atoms with Crippen LogP contribution in [0.4, 0.5) is 17.6 Å². The molecule has 0 amide bonds. The predicted molar refractivity (Wildman–Crippen MR) is 126 cm³/mol. The van der Waals surface area contributed by atoms with Crippen molar-refractivity contribution in [2.75, 3.05) is 0 Å². The number of nitrogens with zero attached hydrogens (tertiary/aromatic N) is 1. The van der Waals surface area contributed by atoms with E-state index in [4.69, 9.17) is 0 Å². The first-order chi connectivity index (χ1) is 14.9. The van der Waals surface area contributed by atoms with Crippen molar-refractivity contribution in [1.82, 2.24) is 5.32 Å². The Morgan fingerprint density at radius 3 is 2.34 bits per heavy atom. The summed E-state index contributed by atoms with van der Waals surface area (Å²) >= 11 is 3.81. The van der Waals surface area contributed by atoms with E-state index in [-0.39, 0.29) is 24.2 Å².